The van der Waals surface area contributed by atoms with Gasteiger partial charge in [-0.05, 0) is 0 Å². The van der Waals surface area contributed by atoms with Crippen molar-refractivity contribution in [2.24, 2.45) is 0 Å². The maximum atomic E-state index is 12.4. The number of unbranched alkanes of at least 4 members (excludes halogenated alkanes) is 18. The molecule has 0 atom stereocenters. The topological polar surface area (TPSA) is 26.3 Å². The van der Waals surface area contributed by atoms with Gasteiger partial charge in [-0.1, -0.05) is 6.92 Å². The van der Waals surface area contributed by atoms with E-state index in [1.54, 1.807) is 0 Å². The molecular weight excluding hydrogens is 487 g/mol. The molecule has 2 nitrogen and oxygen atoms in total. The molecule has 0 saturated carbocycles. The first kappa shape index (κ1) is 31.3. The van der Waals surface area contributed by atoms with Crippen LogP contribution in [0.25, 0.3) is 0 Å². The number of rotatable bonds is 25. The van der Waals surface area contributed by atoms with Gasteiger partial charge in [-0.15, -0.1) is 0 Å². The summed E-state index contributed by atoms with van der Waals surface area (Å²) in [6, 6.07) is 0. The Bertz CT molecular complexity index is 343. The molecule has 31 heavy (non-hydrogen) atoms. The van der Waals surface area contributed by atoms with Crippen LogP contribution in [0.2, 0.25) is 8.87 Å². The molecule has 3 heteroatoms. The Morgan fingerprint density at radius 2 is 0.806 bits per heavy atom. The molecule has 0 rings (SSSR count). The van der Waals surface area contributed by atoms with E-state index in [0.29, 0.717) is 6.42 Å². The van der Waals surface area contributed by atoms with Gasteiger partial charge in [-0.3, -0.25) is 0 Å². The maximum absolute atomic E-state index is 12.4. The van der Waals surface area contributed by atoms with Gasteiger partial charge in [0.05, 0.1) is 0 Å². The monoisotopic (exact) mass is 545 g/mol. The first-order valence-corrected chi connectivity index (χ1v) is 19.5. The average Bonchev–Trinajstić information content (AvgIpc) is 2.77. The molecule has 0 N–H and O–H groups in total. The summed E-state index contributed by atoms with van der Waals surface area (Å²) >= 11 is -1.97. The second kappa shape index (κ2) is 26.5. The summed E-state index contributed by atoms with van der Waals surface area (Å²) in [6.45, 7) is 6.83. The minimum atomic E-state index is -1.97. The van der Waals surface area contributed by atoms with Crippen LogP contribution in [0, 0.1) is 0 Å². The van der Waals surface area contributed by atoms with E-state index < -0.39 is 20.2 Å². The van der Waals surface area contributed by atoms with E-state index >= 15 is 0 Å². The fourth-order valence-electron chi connectivity index (χ4n) is 4.22. The summed E-state index contributed by atoms with van der Waals surface area (Å²) in [4.78, 5) is 12.4. The van der Waals surface area contributed by atoms with Crippen molar-refractivity contribution in [2.45, 2.75) is 171 Å². The zero-order valence-electron chi connectivity index (χ0n) is 21.8. The third kappa shape index (κ3) is 24.7. The summed E-state index contributed by atoms with van der Waals surface area (Å²) in [5.74, 6) is 0.148. The van der Waals surface area contributed by atoms with Crippen LogP contribution in [0.3, 0.4) is 0 Å². The Hall–Kier alpha value is 0.269. The van der Waals surface area contributed by atoms with Crippen LogP contribution in [0.1, 0.15) is 162 Å². The zero-order valence-corrected chi connectivity index (χ0v) is 24.6. The molecule has 0 fully saturated rings. The standard InChI is InChI=1S/C12H24O2.2C8H17.Sn/c1-2-3-4-5-6-7-8-9-10-11-12(13)14;2*1-3-5-7-8-6-4-2;/h2-11H2,1H3,(H,13,14);2*1,3-8H2,2H3;/q;;;+1/p-1. The Morgan fingerprint density at radius 3 is 1.19 bits per heavy atom. The quantitative estimate of drug-likeness (QED) is 0.0844. The van der Waals surface area contributed by atoms with Gasteiger partial charge in [-0.25, -0.2) is 0 Å². The normalized spacial score (nSPS) is 11.4. The van der Waals surface area contributed by atoms with Crippen LogP contribution in [-0.4, -0.2) is 26.1 Å². The average molecular weight is 544 g/mol. The molecule has 0 spiro atoms. The van der Waals surface area contributed by atoms with Crippen molar-refractivity contribution in [3.8, 4) is 0 Å². The van der Waals surface area contributed by atoms with Crippen molar-refractivity contribution in [1.29, 1.82) is 0 Å². The summed E-state index contributed by atoms with van der Waals surface area (Å²) in [5.41, 5.74) is 0. The van der Waals surface area contributed by atoms with Crippen molar-refractivity contribution < 1.29 is 7.87 Å². The van der Waals surface area contributed by atoms with Crippen LogP contribution in [0.5, 0.6) is 0 Å². The Labute approximate surface area is 204 Å². The fourth-order valence-corrected chi connectivity index (χ4v) is 10.4. The van der Waals surface area contributed by atoms with E-state index in [-0.39, 0.29) is 5.97 Å². The molecule has 0 aliphatic heterocycles. The van der Waals surface area contributed by atoms with Gasteiger partial charge in [0.25, 0.3) is 0 Å². The zero-order chi connectivity index (χ0) is 22.8. The molecule has 0 aliphatic rings. The molecule has 0 saturated heterocycles. The van der Waals surface area contributed by atoms with Crippen molar-refractivity contribution in [2.75, 3.05) is 0 Å². The molecule has 0 aromatic rings. The van der Waals surface area contributed by atoms with E-state index in [1.165, 1.54) is 137 Å². The van der Waals surface area contributed by atoms with E-state index in [1.807, 2.05) is 0 Å². The van der Waals surface area contributed by atoms with Crippen LogP contribution < -0.4 is 0 Å². The minimum absolute atomic E-state index is 0.148. The molecule has 0 aliphatic carbocycles. The molecular formula is C28H57O2Sn. The first-order chi connectivity index (χ1) is 15.2. The summed E-state index contributed by atoms with van der Waals surface area (Å²) in [7, 11) is 0. The van der Waals surface area contributed by atoms with Gasteiger partial charge >= 0.3 is 198 Å². The molecule has 0 aromatic heterocycles. The first-order valence-electron chi connectivity index (χ1n) is 14.3. The van der Waals surface area contributed by atoms with Gasteiger partial charge in [0.1, 0.15) is 0 Å². The van der Waals surface area contributed by atoms with E-state index in [9.17, 15) is 4.79 Å². The molecule has 0 aromatic carbocycles. The second-order valence-corrected chi connectivity index (χ2v) is 16.1. The number of carbonyl (C=O) groups excluding carboxylic acids is 1. The predicted molar refractivity (Wildman–Crippen MR) is 140 cm³/mol. The summed E-state index contributed by atoms with van der Waals surface area (Å²) in [6.07, 6.45) is 28.6. The van der Waals surface area contributed by atoms with Gasteiger partial charge < -0.3 is 0 Å². The number of hydrogen-bond acceptors (Lipinski definition) is 2. The molecule has 0 bridgehead atoms. The van der Waals surface area contributed by atoms with Crippen molar-refractivity contribution in [1.82, 2.24) is 0 Å². The number of hydrogen-bond donors (Lipinski definition) is 0. The Morgan fingerprint density at radius 1 is 0.484 bits per heavy atom. The summed E-state index contributed by atoms with van der Waals surface area (Å²) < 4.78 is 8.68. The van der Waals surface area contributed by atoms with Crippen LogP contribution >= 0.6 is 0 Å². The van der Waals surface area contributed by atoms with Crippen LogP contribution in [0.15, 0.2) is 0 Å². The van der Waals surface area contributed by atoms with Gasteiger partial charge in [0.2, 0.25) is 0 Å². The van der Waals surface area contributed by atoms with Gasteiger partial charge in [0.15, 0.2) is 0 Å². The van der Waals surface area contributed by atoms with Crippen LogP contribution in [0.4, 0.5) is 0 Å². The van der Waals surface area contributed by atoms with Crippen LogP contribution in [-0.2, 0) is 7.87 Å². The molecule has 0 unspecified atom stereocenters. The fraction of sp³-hybridized carbons (Fsp3) is 0.964. The number of carbonyl (C=O) groups is 1. The van der Waals surface area contributed by atoms with E-state index in [2.05, 4.69) is 20.8 Å². The van der Waals surface area contributed by atoms with Gasteiger partial charge in [0, 0.05) is 0 Å². The molecule has 185 valence electrons. The van der Waals surface area contributed by atoms with Crippen molar-refractivity contribution >= 4 is 26.1 Å². The molecule has 0 amide bonds. The van der Waals surface area contributed by atoms with E-state index in [4.69, 9.17) is 3.07 Å². The third-order valence-corrected chi connectivity index (χ3v) is 13.0. The Kier molecular flexibility index (Phi) is 26.8. The second-order valence-electron chi connectivity index (χ2n) is 9.63. The predicted octanol–water partition coefficient (Wildman–Crippen LogP) is 10.2. The van der Waals surface area contributed by atoms with E-state index in [0.717, 1.165) is 6.42 Å². The van der Waals surface area contributed by atoms with Gasteiger partial charge in [-0.2, -0.15) is 0 Å². The molecule has 1 radical (unpaired) electrons. The molecule has 0 heterocycles. The third-order valence-electron chi connectivity index (χ3n) is 6.36. The Balaban J connectivity index is 3.94. The van der Waals surface area contributed by atoms with Crippen molar-refractivity contribution in [3.63, 3.8) is 0 Å². The summed E-state index contributed by atoms with van der Waals surface area (Å²) in [5, 5.41) is 0. The SMILES string of the molecule is CCCCCCCCCCCC(=O)[O][Sn]([CH2]CCCCCCC)[CH2]CCCCCCC. The van der Waals surface area contributed by atoms with Crippen molar-refractivity contribution in [3.05, 3.63) is 0 Å².